The van der Waals surface area contributed by atoms with Crippen LogP contribution in [0.15, 0.2) is 30.5 Å². The highest BCUT2D eigenvalue weighted by Crippen LogP contribution is 2.15. The van der Waals surface area contributed by atoms with E-state index in [9.17, 15) is 9.30 Å². The monoisotopic (exact) mass is 236 g/mol. The molecule has 0 aliphatic rings. The van der Waals surface area contributed by atoms with E-state index in [0.717, 1.165) is 5.56 Å². The molecule has 2 aromatic rings. The molecule has 1 aromatic heterocycles. The second-order valence-corrected chi connectivity index (χ2v) is 3.70. The van der Waals surface area contributed by atoms with E-state index in [-0.39, 0.29) is 16.4 Å². The van der Waals surface area contributed by atoms with Crippen molar-refractivity contribution in [1.82, 2.24) is 9.78 Å². The molecule has 0 aliphatic carbocycles. The zero-order valence-corrected chi connectivity index (χ0v) is 9.17. The van der Waals surface area contributed by atoms with Crippen molar-refractivity contribution in [1.29, 1.82) is 0 Å². The molecule has 0 atom stereocenters. The van der Waals surface area contributed by atoms with Gasteiger partial charge in [0.25, 0.3) is 4.92 Å². The second kappa shape index (κ2) is 4.32. The molecule has 6 heteroatoms. The van der Waals surface area contributed by atoms with Crippen LogP contribution >= 0.6 is 0 Å². The Balaban J connectivity index is 2.25. The lowest BCUT2D eigenvalue weighted by Crippen LogP contribution is -2.00. The molecule has 88 valence electrons. The largest absolute Gasteiger partial charge is 0.356 e. The molecule has 1 aromatic carbocycles. The normalized spacial score (nSPS) is 10.5. The molecule has 0 spiro atoms. The molecule has 0 saturated carbocycles. The summed E-state index contributed by atoms with van der Waals surface area (Å²) in [5.74, 6) is -0.320. The summed E-state index contributed by atoms with van der Waals surface area (Å²) >= 11 is 0. The van der Waals surface area contributed by atoms with Crippen LogP contribution in [0.2, 0.25) is 0 Å². The summed E-state index contributed by atoms with van der Waals surface area (Å²) in [6, 6.07) is 6.11. The van der Waals surface area contributed by atoms with Crippen LogP contribution in [0.4, 0.5) is 10.1 Å². The fraction of sp³-hybridized carbons (Fsp3) is 0.182. The lowest BCUT2D eigenvalue weighted by Gasteiger charge is -2.00. The minimum absolute atomic E-state index is 0.0846. The predicted octanol–water partition coefficient (Wildman–Crippen LogP) is 2.18. The molecular weight excluding hydrogens is 225 g/mol. The zero-order chi connectivity index (χ0) is 12.4. The maximum atomic E-state index is 13.0. The Morgan fingerprint density at radius 1 is 1.53 bits per heavy atom. The van der Waals surface area contributed by atoms with E-state index >= 15 is 0 Å². The summed E-state index contributed by atoms with van der Waals surface area (Å²) in [4.78, 5) is 10.5. The third kappa shape index (κ3) is 2.47. The first-order valence-electron chi connectivity index (χ1n) is 5.01. The second-order valence-electron chi connectivity index (χ2n) is 3.70. The van der Waals surface area contributed by atoms with Gasteiger partial charge in [0.05, 0.1) is 11.5 Å². The number of rotatable bonds is 3. The van der Waals surface area contributed by atoms with Crippen LogP contribution < -0.4 is 0 Å². The summed E-state index contributed by atoms with van der Waals surface area (Å²) in [6.07, 6.45) is 1.41. The summed E-state index contributed by atoms with van der Waals surface area (Å²) in [5.41, 5.74) is 1.23. The van der Waals surface area contributed by atoms with Gasteiger partial charge < -0.3 is 0 Å². The van der Waals surface area contributed by atoms with Crippen molar-refractivity contribution in [2.45, 2.75) is 13.5 Å². The molecule has 0 unspecified atom stereocenters. The standard InChI is InChI=1S/C11H11FN3O2/c1-8-11(15(16)17)7-14(13-8)6-9-3-2-4-10(12)5-9/h2-5,7H,6H2,1H3,(H,16,17)/q+1. The Labute approximate surface area is 96.6 Å². The number of halogens is 1. The molecule has 1 heterocycles. The number of nitrogens with zero attached hydrogens (tertiary/aromatic N) is 3. The van der Waals surface area contributed by atoms with Gasteiger partial charge in [-0.3, -0.25) is 4.68 Å². The Kier molecular flexibility index (Phi) is 2.86. The highest BCUT2D eigenvalue weighted by atomic mass is 19.1. The van der Waals surface area contributed by atoms with Crippen molar-refractivity contribution in [3.63, 3.8) is 0 Å². The summed E-state index contributed by atoms with van der Waals surface area (Å²) in [5, 5.41) is 12.8. The van der Waals surface area contributed by atoms with Gasteiger partial charge in [0.15, 0.2) is 0 Å². The molecule has 0 amide bonds. The molecule has 2 rings (SSSR count). The topological polar surface area (TPSA) is 58.1 Å². The van der Waals surface area contributed by atoms with Crippen LogP contribution in [0, 0.1) is 17.6 Å². The molecule has 0 radical (unpaired) electrons. The fourth-order valence-electron chi connectivity index (χ4n) is 1.60. The van der Waals surface area contributed by atoms with Gasteiger partial charge in [-0.05, 0) is 24.6 Å². The molecule has 5 nitrogen and oxygen atoms in total. The van der Waals surface area contributed by atoms with Crippen molar-refractivity contribution in [3.05, 3.63) is 52.4 Å². The number of benzene rings is 1. The van der Waals surface area contributed by atoms with E-state index in [1.54, 1.807) is 19.1 Å². The van der Waals surface area contributed by atoms with E-state index in [4.69, 9.17) is 5.21 Å². The first kappa shape index (κ1) is 11.3. The maximum Gasteiger partial charge on any atom is 0.356 e. The average Bonchev–Trinajstić information content (AvgIpc) is 2.59. The van der Waals surface area contributed by atoms with Gasteiger partial charge in [0.1, 0.15) is 17.7 Å². The van der Waals surface area contributed by atoms with Crippen molar-refractivity contribution < 1.29 is 14.5 Å². The minimum atomic E-state index is -0.320. The Morgan fingerprint density at radius 3 is 2.88 bits per heavy atom. The number of aromatic nitrogens is 2. The van der Waals surface area contributed by atoms with E-state index in [1.807, 2.05) is 0 Å². The third-order valence-corrected chi connectivity index (χ3v) is 2.36. The van der Waals surface area contributed by atoms with Crippen LogP contribution in [0.3, 0.4) is 0 Å². The van der Waals surface area contributed by atoms with Gasteiger partial charge in [-0.2, -0.15) is 5.10 Å². The first-order chi connectivity index (χ1) is 8.06. The zero-order valence-electron chi connectivity index (χ0n) is 9.17. The van der Waals surface area contributed by atoms with Gasteiger partial charge in [-0.25, -0.2) is 9.60 Å². The lowest BCUT2D eigenvalue weighted by molar-refractivity contribution is -0.730. The SMILES string of the molecule is Cc1nn(Cc2cccc(F)c2)cc1[N+](=O)O. The molecule has 0 fully saturated rings. The van der Waals surface area contributed by atoms with Crippen LogP contribution in [-0.4, -0.2) is 19.9 Å². The third-order valence-electron chi connectivity index (χ3n) is 2.36. The van der Waals surface area contributed by atoms with E-state index in [2.05, 4.69) is 5.10 Å². The van der Waals surface area contributed by atoms with Gasteiger partial charge >= 0.3 is 5.69 Å². The van der Waals surface area contributed by atoms with Gasteiger partial charge in [-0.1, -0.05) is 12.1 Å². The molecule has 17 heavy (non-hydrogen) atoms. The molecule has 0 bridgehead atoms. The highest BCUT2D eigenvalue weighted by Gasteiger charge is 2.20. The van der Waals surface area contributed by atoms with Gasteiger partial charge in [-0.15, -0.1) is 0 Å². The van der Waals surface area contributed by atoms with Crippen LogP contribution in [-0.2, 0) is 6.54 Å². The van der Waals surface area contributed by atoms with Crippen molar-refractivity contribution in [2.24, 2.45) is 0 Å². The van der Waals surface area contributed by atoms with Crippen LogP contribution in [0.25, 0.3) is 0 Å². The summed E-state index contributed by atoms with van der Waals surface area (Å²) in [7, 11) is 0. The average molecular weight is 236 g/mol. The van der Waals surface area contributed by atoms with Gasteiger partial charge in [0, 0.05) is 0 Å². The molecule has 0 aliphatic heterocycles. The van der Waals surface area contributed by atoms with Crippen molar-refractivity contribution in [3.8, 4) is 0 Å². The highest BCUT2D eigenvalue weighted by molar-refractivity contribution is 5.30. The molecule has 0 saturated heterocycles. The number of aryl methyl sites for hydroxylation is 1. The predicted molar refractivity (Wildman–Crippen MR) is 57.5 cm³/mol. The fourth-order valence-corrected chi connectivity index (χ4v) is 1.60. The van der Waals surface area contributed by atoms with Crippen LogP contribution in [0.5, 0.6) is 0 Å². The lowest BCUT2D eigenvalue weighted by atomic mass is 10.2. The Morgan fingerprint density at radius 2 is 2.29 bits per heavy atom. The Bertz CT molecular complexity index is 566. The van der Waals surface area contributed by atoms with Gasteiger partial charge in [0.2, 0.25) is 0 Å². The Hall–Kier alpha value is -2.24. The summed E-state index contributed by atoms with van der Waals surface area (Å²) in [6.45, 7) is 1.95. The van der Waals surface area contributed by atoms with Crippen LogP contribution in [0.1, 0.15) is 11.3 Å². The van der Waals surface area contributed by atoms with E-state index in [0.29, 0.717) is 12.2 Å². The van der Waals surface area contributed by atoms with Crippen molar-refractivity contribution in [2.75, 3.05) is 0 Å². The quantitative estimate of drug-likeness (QED) is 0.831. The molecule has 1 N–H and O–H groups in total. The number of hydrogen-bond acceptors (Lipinski definition) is 2. The summed E-state index contributed by atoms with van der Waals surface area (Å²) < 4.78 is 14.4. The smallest absolute Gasteiger partial charge is 0.261 e. The minimum Gasteiger partial charge on any atom is -0.261 e. The van der Waals surface area contributed by atoms with Crippen molar-refractivity contribution >= 4 is 5.69 Å². The van der Waals surface area contributed by atoms with E-state index < -0.39 is 0 Å². The molecular formula is C11H11FN3O2+. The number of hydrogen-bond donors (Lipinski definition) is 1. The first-order valence-corrected chi connectivity index (χ1v) is 5.01. The maximum absolute atomic E-state index is 13.0. The van der Waals surface area contributed by atoms with E-state index in [1.165, 1.54) is 23.0 Å².